The Bertz CT molecular complexity index is 933. The SMILES string of the molecule is COc1ccc(/C=N/Nc2nc3ccccc3c(=O)n2OC)cc1. The van der Waals surface area contributed by atoms with E-state index in [1.807, 2.05) is 30.3 Å². The van der Waals surface area contributed by atoms with Crippen LogP contribution in [0.15, 0.2) is 58.4 Å². The molecule has 7 heteroatoms. The summed E-state index contributed by atoms with van der Waals surface area (Å²) in [4.78, 5) is 21.8. The van der Waals surface area contributed by atoms with Gasteiger partial charge < -0.3 is 9.57 Å². The van der Waals surface area contributed by atoms with E-state index in [0.717, 1.165) is 16.0 Å². The summed E-state index contributed by atoms with van der Waals surface area (Å²) in [7, 11) is 3.01. The van der Waals surface area contributed by atoms with Gasteiger partial charge in [0.1, 0.15) is 12.9 Å². The summed E-state index contributed by atoms with van der Waals surface area (Å²) in [6, 6.07) is 14.4. The fourth-order valence-corrected chi connectivity index (χ4v) is 2.21. The maximum absolute atomic E-state index is 12.4. The van der Waals surface area contributed by atoms with Gasteiger partial charge in [-0.05, 0) is 42.0 Å². The number of methoxy groups -OCH3 is 1. The van der Waals surface area contributed by atoms with Crippen molar-refractivity contribution in [3.8, 4) is 5.75 Å². The van der Waals surface area contributed by atoms with Crippen LogP contribution in [0.2, 0.25) is 0 Å². The van der Waals surface area contributed by atoms with Gasteiger partial charge in [-0.3, -0.25) is 4.79 Å². The van der Waals surface area contributed by atoms with Crippen molar-refractivity contribution in [3.05, 3.63) is 64.4 Å². The highest BCUT2D eigenvalue weighted by atomic mass is 16.7. The molecule has 0 saturated heterocycles. The molecule has 0 unspecified atom stereocenters. The maximum atomic E-state index is 12.4. The third-order valence-corrected chi connectivity index (χ3v) is 3.41. The fraction of sp³-hybridized carbons (Fsp3) is 0.118. The third kappa shape index (κ3) is 3.05. The van der Waals surface area contributed by atoms with E-state index in [4.69, 9.17) is 9.57 Å². The molecule has 122 valence electrons. The van der Waals surface area contributed by atoms with Crippen LogP contribution in [-0.4, -0.2) is 30.1 Å². The second-order valence-electron chi connectivity index (χ2n) is 4.88. The molecule has 0 spiro atoms. The summed E-state index contributed by atoms with van der Waals surface area (Å²) in [5.74, 6) is 0.968. The standard InChI is InChI=1S/C17H16N4O3/c1-23-13-9-7-12(8-10-13)11-18-20-17-19-15-6-4-3-5-14(15)16(22)21(17)24-2/h3-11H,1-2H3,(H,19,20)/b18-11+. The van der Waals surface area contributed by atoms with E-state index < -0.39 is 0 Å². The van der Waals surface area contributed by atoms with Crippen LogP contribution in [-0.2, 0) is 0 Å². The van der Waals surface area contributed by atoms with E-state index in [9.17, 15) is 4.79 Å². The van der Waals surface area contributed by atoms with Crippen LogP contribution >= 0.6 is 0 Å². The number of benzene rings is 2. The number of hydrogen-bond acceptors (Lipinski definition) is 6. The number of ether oxygens (including phenoxy) is 1. The van der Waals surface area contributed by atoms with Crippen molar-refractivity contribution in [3.63, 3.8) is 0 Å². The van der Waals surface area contributed by atoms with E-state index in [-0.39, 0.29) is 11.5 Å². The van der Waals surface area contributed by atoms with E-state index >= 15 is 0 Å². The zero-order valence-electron chi connectivity index (χ0n) is 13.3. The third-order valence-electron chi connectivity index (χ3n) is 3.41. The minimum absolute atomic E-state index is 0.200. The van der Waals surface area contributed by atoms with Crippen LogP contribution in [0.5, 0.6) is 5.75 Å². The number of hydrogen-bond donors (Lipinski definition) is 1. The van der Waals surface area contributed by atoms with E-state index in [2.05, 4.69) is 15.5 Å². The predicted octanol–water partition coefficient (Wildman–Crippen LogP) is 1.91. The van der Waals surface area contributed by atoms with Crippen LogP contribution in [0.4, 0.5) is 5.95 Å². The number of nitrogens with one attached hydrogen (secondary N) is 1. The Hall–Kier alpha value is -3.35. The molecule has 1 N–H and O–H groups in total. The summed E-state index contributed by atoms with van der Waals surface area (Å²) in [6.07, 6.45) is 1.61. The molecule has 0 aliphatic rings. The van der Waals surface area contributed by atoms with Gasteiger partial charge in [0.2, 0.25) is 0 Å². The summed E-state index contributed by atoms with van der Waals surface area (Å²) in [5, 5.41) is 4.58. The minimum atomic E-state index is -0.301. The Balaban J connectivity index is 1.88. The Morgan fingerprint density at radius 2 is 1.88 bits per heavy atom. The lowest BCUT2D eigenvalue weighted by atomic mass is 10.2. The van der Waals surface area contributed by atoms with Crippen LogP contribution in [0, 0.1) is 0 Å². The highest BCUT2D eigenvalue weighted by Gasteiger charge is 2.10. The maximum Gasteiger partial charge on any atom is 0.295 e. The number of hydrazone groups is 1. The van der Waals surface area contributed by atoms with Crippen LogP contribution in [0.1, 0.15) is 5.56 Å². The van der Waals surface area contributed by atoms with Crippen molar-refractivity contribution >= 4 is 23.1 Å². The highest BCUT2D eigenvalue weighted by molar-refractivity contribution is 5.81. The molecule has 0 saturated carbocycles. The van der Waals surface area contributed by atoms with Gasteiger partial charge in [-0.2, -0.15) is 5.10 Å². The first-order valence-corrected chi connectivity index (χ1v) is 7.22. The van der Waals surface area contributed by atoms with Crippen molar-refractivity contribution in [1.29, 1.82) is 0 Å². The lowest BCUT2D eigenvalue weighted by Gasteiger charge is -2.10. The molecule has 3 aromatic rings. The van der Waals surface area contributed by atoms with Gasteiger partial charge in [-0.15, -0.1) is 4.73 Å². The van der Waals surface area contributed by atoms with Crippen molar-refractivity contribution in [2.45, 2.75) is 0 Å². The molecule has 1 aromatic heterocycles. The average Bonchev–Trinajstić information content (AvgIpc) is 2.63. The largest absolute Gasteiger partial charge is 0.497 e. The minimum Gasteiger partial charge on any atom is -0.497 e. The van der Waals surface area contributed by atoms with Crippen LogP contribution < -0.4 is 20.6 Å². The molecule has 0 fully saturated rings. The molecule has 0 bridgehead atoms. The summed E-state index contributed by atoms with van der Waals surface area (Å²) >= 11 is 0. The van der Waals surface area contributed by atoms with E-state index in [1.165, 1.54) is 7.11 Å². The molecule has 0 radical (unpaired) electrons. The monoisotopic (exact) mass is 324 g/mol. The van der Waals surface area contributed by atoms with Gasteiger partial charge in [0.15, 0.2) is 0 Å². The number of fused-ring (bicyclic) bond motifs is 1. The molecule has 1 heterocycles. The number of aromatic nitrogens is 2. The number of para-hydroxylation sites is 1. The van der Waals surface area contributed by atoms with Gasteiger partial charge >= 0.3 is 0 Å². The highest BCUT2D eigenvalue weighted by Crippen LogP contribution is 2.11. The molecule has 3 rings (SSSR count). The molecular formula is C17H16N4O3. The number of anilines is 1. The molecular weight excluding hydrogens is 308 g/mol. The molecule has 0 amide bonds. The molecule has 24 heavy (non-hydrogen) atoms. The summed E-state index contributed by atoms with van der Waals surface area (Å²) in [6.45, 7) is 0. The lowest BCUT2D eigenvalue weighted by molar-refractivity contribution is 0.161. The Kier molecular flexibility index (Phi) is 4.42. The zero-order chi connectivity index (χ0) is 16.9. The first-order chi connectivity index (χ1) is 11.7. The Labute approximate surface area is 138 Å². The van der Waals surface area contributed by atoms with Gasteiger partial charge in [0.05, 0.1) is 24.2 Å². The molecule has 0 aliphatic carbocycles. The van der Waals surface area contributed by atoms with Gasteiger partial charge in [0, 0.05) is 0 Å². The Morgan fingerprint density at radius 3 is 2.58 bits per heavy atom. The first kappa shape index (κ1) is 15.5. The van der Waals surface area contributed by atoms with E-state index in [0.29, 0.717) is 10.9 Å². The van der Waals surface area contributed by atoms with Gasteiger partial charge in [0.25, 0.3) is 11.5 Å². The topological polar surface area (TPSA) is 77.7 Å². The van der Waals surface area contributed by atoms with Crippen LogP contribution in [0.25, 0.3) is 10.9 Å². The smallest absolute Gasteiger partial charge is 0.295 e. The summed E-state index contributed by atoms with van der Waals surface area (Å²) in [5.41, 5.74) is 3.88. The van der Waals surface area contributed by atoms with Crippen LogP contribution in [0.3, 0.4) is 0 Å². The zero-order valence-corrected chi connectivity index (χ0v) is 13.3. The average molecular weight is 324 g/mol. The second kappa shape index (κ2) is 6.82. The number of nitrogens with zero attached hydrogens (tertiary/aromatic N) is 3. The molecule has 7 nitrogen and oxygen atoms in total. The number of rotatable bonds is 5. The lowest BCUT2D eigenvalue weighted by Crippen LogP contribution is -2.28. The van der Waals surface area contributed by atoms with Gasteiger partial charge in [-0.25, -0.2) is 10.4 Å². The molecule has 2 aromatic carbocycles. The quantitative estimate of drug-likeness (QED) is 0.573. The molecule has 0 atom stereocenters. The summed E-state index contributed by atoms with van der Waals surface area (Å²) < 4.78 is 6.17. The second-order valence-corrected chi connectivity index (χ2v) is 4.88. The fourth-order valence-electron chi connectivity index (χ4n) is 2.21. The first-order valence-electron chi connectivity index (χ1n) is 7.22. The van der Waals surface area contributed by atoms with Crippen molar-refractivity contribution < 1.29 is 9.57 Å². The normalized spacial score (nSPS) is 10.9. The van der Waals surface area contributed by atoms with Gasteiger partial charge in [-0.1, -0.05) is 12.1 Å². The predicted molar refractivity (Wildman–Crippen MR) is 92.7 cm³/mol. The molecule has 0 aliphatic heterocycles. The van der Waals surface area contributed by atoms with E-state index in [1.54, 1.807) is 31.5 Å². The van der Waals surface area contributed by atoms with Crippen molar-refractivity contribution in [1.82, 2.24) is 9.71 Å². The Morgan fingerprint density at radius 1 is 1.12 bits per heavy atom. The van der Waals surface area contributed by atoms with Crippen molar-refractivity contribution in [2.24, 2.45) is 5.10 Å². The van der Waals surface area contributed by atoms with Crippen molar-refractivity contribution in [2.75, 3.05) is 19.6 Å².